The Balaban J connectivity index is 1.40. The largest absolute Gasteiger partial charge is 0.497 e. The zero-order chi connectivity index (χ0) is 23.5. The molecule has 0 fully saturated rings. The highest BCUT2D eigenvalue weighted by Crippen LogP contribution is 2.21. The zero-order valence-electron chi connectivity index (χ0n) is 18.3. The van der Waals surface area contributed by atoms with Crippen LogP contribution in [0, 0.1) is 24.0 Å². The van der Waals surface area contributed by atoms with Gasteiger partial charge >= 0.3 is 5.69 Å². The van der Waals surface area contributed by atoms with E-state index in [2.05, 4.69) is 20.6 Å². The number of nitrogens with one attached hydrogen (secondary N) is 1. The van der Waals surface area contributed by atoms with E-state index in [1.807, 2.05) is 24.3 Å². The van der Waals surface area contributed by atoms with Gasteiger partial charge in [-0.2, -0.15) is 15.3 Å². The van der Waals surface area contributed by atoms with Gasteiger partial charge in [0.25, 0.3) is 5.91 Å². The number of rotatable bonds is 8. The van der Waals surface area contributed by atoms with Gasteiger partial charge < -0.3 is 10.1 Å². The van der Waals surface area contributed by atoms with Crippen molar-refractivity contribution in [1.82, 2.24) is 29.3 Å². The molecule has 4 rings (SSSR count). The Morgan fingerprint density at radius 2 is 2.03 bits per heavy atom. The van der Waals surface area contributed by atoms with E-state index in [-0.39, 0.29) is 18.1 Å². The maximum Gasteiger partial charge on any atom is 0.312 e. The smallest absolute Gasteiger partial charge is 0.312 e. The van der Waals surface area contributed by atoms with Gasteiger partial charge in [-0.3, -0.25) is 24.3 Å². The Morgan fingerprint density at radius 1 is 1.21 bits per heavy atom. The van der Waals surface area contributed by atoms with E-state index in [1.54, 1.807) is 50.3 Å². The van der Waals surface area contributed by atoms with E-state index in [4.69, 9.17) is 4.74 Å². The lowest BCUT2D eigenvalue weighted by Crippen LogP contribution is -2.15. The molecule has 33 heavy (non-hydrogen) atoms. The molecule has 0 unspecified atom stereocenters. The van der Waals surface area contributed by atoms with Crippen molar-refractivity contribution in [2.45, 2.75) is 27.1 Å². The fourth-order valence-corrected chi connectivity index (χ4v) is 3.46. The Morgan fingerprint density at radius 3 is 2.76 bits per heavy atom. The van der Waals surface area contributed by atoms with Crippen LogP contribution in [-0.4, -0.2) is 47.3 Å². The summed E-state index contributed by atoms with van der Waals surface area (Å²) in [6, 6.07) is 9.22. The van der Waals surface area contributed by atoms with Crippen LogP contribution in [0.25, 0.3) is 0 Å². The highest BCUT2D eigenvalue weighted by molar-refractivity contribution is 6.02. The number of hydrogen-bond acceptors (Lipinski definition) is 7. The Bertz CT molecular complexity index is 1320. The normalized spacial score (nSPS) is 10.9. The monoisotopic (exact) mass is 450 g/mol. The molecule has 3 aromatic heterocycles. The number of aryl methyl sites for hydroxylation is 1. The molecular weight excluding hydrogens is 428 g/mol. The predicted octanol–water partition coefficient (Wildman–Crippen LogP) is 2.62. The molecule has 4 aromatic rings. The lowest BCUT2D eigenvalue weighted by atomic mass is 10.2. The van der Waals surface area contributed by atoms with Gasteiger partial charge in [0.1, 0.15) is 23.8 Å². The fourth-order valence-electron chi connectivity index (χ4n) is 3.46. The van der Waals surface area contributed by atoms with Crippen molar-refractivity contribution in [2.75, 3.05) is 12.4 Å². The quantitative estimate of drug-likeness (QED) is 0.322. The number of carbonyl (C=O) groups excluding carboxylic acids is 1. The molecule has 0 bridgehead atoms. The Hall–Kier alpha value is -4.48. The minimum absolute atomic E-state index is 0.0221. The van der Waals surface area contributed by atoms with E-state index in [1.165, 1.54) is 9.36 Å². The maximum atomic E-state index is 12.6. The first-order valence-corrected chi connectivity index (χ1v) is 10.0. The first-order valence-electron chi connectivity index (χ1n) is 10.0. The zero-order valence-corrected chi connectivity index (χ0v) is 18.3. The van der Waals surface area contributed by atoms with Crippen LogP contribution in [0.2, 0.25) is 0 Å². The average molecular weight is 450 g/mol. The number of aromatic nitrogens is 6. The van der Waals surface area contributed by atoms with Gasteiger partial charge in [-0.05, 0) is 37.6 Å². The van der Waals surface area contributed by atoms with E-state index < -0.39 is 10.8 Å². The number of nitro groups is 1. The van der Waals surface area contributed by atoms with E-state index in [9.17, 15) is 14.9 Å². The molecule has 0 radical (unpaired) electrons. The summed E-state index contributed by atoms with van der Waals surface area (Å²) in [5.74, 6) is 0.368. The maximum absolute atomic E-state index is 12.6. The lowest BCUT2D eigenvalue weighted by molar-refractivity contribution is -0.386. The number of carbonyl (C=O) groups is 1. The molecule has 0 saturated heterocycles. The minimum Gasteiger partial charge on any atom is -0.497 e. The average Bonchev–Trinajstić information content (AvgIpc) is 3.48. The van der Waals surface area contributed by atoms with Crippen LogP contribution in [0.3, 0.4) is 0 Å². The minimum atomic E-state index is -0.454. The highest BCUT2D eigenvalue weighted by atomic mass is 16.6. The summed E-state index contributed by atoms with van der Waals surface area (Å²) in [5.41, 5.74) is 2.47. The van der Waals surface area contributed by atoms with Gasteiger partial charge in [0, 0.05) is 12.4 Å². The summed E-state index contributed by atoms with van der Waals surface area (Å²) in [6.07, 6.45) is 4.90. The van der Waals surface area contributed by atoms with Crippen molar-refractivity contribution in [2.24, 2.45) is 0 Å². The summed E-state index contributed by atoms with van der Waals surface area (Å²) in [5, 5.41) is 26.7. The van der Waals surface area contributed by atoms with Crippen LogP contribution in [0.4, 0.5) is 11.4 Å². The van der Waals surface area contributed by atoms with Crippen molar-refractivity contribution in [3.05, 3.63) is 81.7 Å². The second kappa shape index (κ2) is 8.94. The first kappa shape index (κ1) is 21.7. The summed E-state index contributed by atoms with van der Waals surface area (Å²) in [6.45, 7) is 3.87. The first-order chi connectivity index (χ1) is 15.8. The molecule has 3 heterocycles. The second-order valence-electron chi connectivity index (χ2n) is 7.39. The van der Waals surface area contributed by atoms with Crippen LogP contribution in [-0.2, 0) is 13.2 Å². The van der Waals surface area contributed by atoms with Gasteiger partial charge in [-0.15, -0.1) is 0 Å². The molecule has 1 amide bonds. The molecule has 12 nitrogen and oxygen atoms in total. The molecule has 1 N–H and O–H groups in total. The number of benzene rings is 1. The van der Waals surface area contributed by atoms with Crippen LogP contribution in [0.1, 0.15) is 27.4 Å². The molecule has 0 aliphatic carbocycles. The molecule has 0 spiro atoms. The summed E-state index contributed by atoms with van der Waals surface area (Å²) >= 11 is 0. The number of anilines is 1. The van der Waals surface area contributed by atoms with E-state index >= 15 is 0 Å². The van der Waals surface area contributed by atoms with Crippen molar-refractivity contribution >= 4 is 17.3 Å². The summed E-state index contributed by atoms with van der Waals surface area (Å²) < 4.78 is 9.91. The third-order valence-electron chi connectivity index (χ3n) is 5.05. The van der Waals surface area contributed by atoms with Crippen LogP contribution in [0.5, 0.6) is 5.75 Å². The molecular formula is C21H22N8O4. The van der Waals surface area contributed by atoms with Gasteiger partial charge in [-0.25, -0.2) is 4.68 Å². The molecule has 0 atom stereocenters. The standard InChI is InChI=1S/C21H22N8O4/c1-14-20(29(31)32)15(2)28(24-14)13-26-8-7-19(25-26)21(30)23-17-10-22-27(12-17)11-16-5-4-6-18(9-16)33-3/h4-10,12H,11,13H2,1-3H3,(H,23,30). The van der Waals surface area contributed by atoms with Gasteiger partial charge in [0.05, 0.1) is 30.5 Å². The van der Waals surface area contributed by atoms with E-state index in [0.29, 0.717) is 23.6 Å². The van der Waals surface area contributed by atoms with Gasteiger partial charge in [0.2, 0.25) is 0 Å². The van der Waals surface area contributed by atoms with Crippen LogP contribution < -0.4 is 10.1 Å². The van der Waals surface area contributed by atoms with Crippen molar-refractivity contribution < 1.29 is 14.5 Å². The fraction of sp³-hybridized carbons (Fsp3) is 0.238. The van der Waals surface area contributed by atoms with Crippen LogP contribution >= 0.6 is 0 Å². The van der Waals surface area contributed by atoms with Crippen molar-refractivity contribution in [3.63, 3.8) is 0 Å². The van der Waals surface area contributed by atoms with Gasteiger partial charge in [0.15, 0.2) is 5.69 Å². The van der Waals surface area contributed by atoms with Crippen LogP contribution in [0.15, 0.2) is 48.9 Å². The third kappa shape index (κ3) is 4.74. The molecule has 170 valence electrons. The molecule has 1 aromatic carbocycles. The third-order valence-corrected chi connectivity index (χ3v) is 5.05. The number of hydrogen-bond donors (Lipinski definition) is 1. The van der Waals surface area contributed by atoms with Crippen molar-refractivity contribution in [3.8, 4) is 5.75 Å². The summed E-state index contributed by atoms with van der Waals surface area (Å²) in [4.78, 5) is 23.3. The summed E-state index contributed by atoms with van der Waals surface area (Å²) in [7, 11) is 1.61. The Labute approximate surface area is 188 Å². The SMILES string of the molecule is COc1cccc(Cn2cc(NC(=O)c3ccn(Cn4nc(C)c([N+](=O)[O-])c4C)n3)cn2)c1. The molecule has 12 heteroatoms. The lowest BCUT2D eigenvalue weighted by Gasteiger charge is -2.05. The number of ether oxygens (including phenoxy) is 1. The van der Waals surface area contributed by atoms with Crippen molar-refractivity contribution in [1.29, 1.82) is 0 Å². The molecule has 0 aliphatic rings. The molecule has 0 saturated carbocycles. The number of amides is 1. The topological polar surface area (TPSA) is 135 Å². The van der Waals surface area contributed by atoms with E-state index in [0.717, 1.165) is 11.3 Å². The number of methoxy groups -OCH3 is 1. The van der Waals surface area contributed by atoms with Gasteiger partial charge in [-0.1, -0.05) is 12.1 Å². The molecule has 0 aliphatic heterocycles. The predicted molar refractivity (Wildman–Crippen MR) is 118 cm³/mol. The second-order valence-corrected chi connectivity index (χ2v) is 7.39. The highest BCUT2D eigenvalue weighted by Gasteiger charge is 2.22. The number of nitrogens with zero attached hydrogens (tertiary/aromatic N) is 7. The Kier molecular flexibility index (Phi) is 5.89.